The van der Waals surface area contributed by atoms with Crippen molar-refractivity contribution in [1.82, 2.24) is 14.8 Å². The molecule has 0 atom stereocenters. The number of thioether (sulfide) groups is 1. The van der Waals surface area contributed by atoms with Crippen LogP contribution < -0.4 is 5.32 Å². The maximum Gasteiger partial charge on any atom is 0.338 e. The van der Waals surface area contributed by atoms with E-state index in [2.05, 4.69) is 46.7 Å². The van der Waals surface area contributed by atoms with Gasteiger partial charge in [-0.15, -0.1) is 10.2 Å². The fraction of sp³-hybridized carbons (Fsp3) is 0.385. The van der Waals surface area contributed by atoms with Crippen LogP contribution >= 0.6 is 11.8 Å². The lowest BCUT2D eigenvalue weighted by Gasteiger charge is -2.09. The summed E-state index contributed by atoms with van der Waals surface area (Å²) in [5.74, 6) is 0.521. The number of nitrogens with zero attached hydrogens (tertiary/aromatic N) is 3. The number of carbonyl (C=O) groups excluding carboxylic acids is 2. The zero-order valence-corrected chi connectivity index (χ0v) is 21.4. The molecule has 3 aromatic rings. The minimum Gasteiger partial charge on any atom is -0.462 e. The maximum absolute atomic E-state index is 12.4. The van der Waals surface area contributed by atoms with Crippen molar-refractivity contribution in [1.29, 1.82) is 0 Å². The average molecular weight is 483 g/mol. The second-order valence-electron chi connectivity index (χ2n) is 7.27. The molecule has 0 aliphatic heterocycles. The number of hydrogen-bond donors (Lipinski definition) is 1. The largest absolute Gasteiger partial charge is 0.462 e. The molecule has 7 nitrogen and oxygen atoms in total. The van der Waals surface area contributed by atoms with Gasteiger partial charge in [0.05, 0.1) is 17.9 Å². The van der Waals surface area contributed by atoms with Gasteiger partial charge in [0, 0.05) is 18.7 Å². The molecule has 1 aromatic heterocycles. The number of ether oxygens (including phenoxy) is 1. The van der Waals surface area contributed by atoms with Gasteiger partial charge in [0.1, 0.15) is 5.82 Å². The van der Waals surface area contributed by atoms with Crippen LogP contribution in [0.4, 0.5) is 5.69 Å². The van der Waals surface area contributed by atoms with Crippen molar-refractivity contribution in [3.63, 3.8) is 0 Å². The Morgan fingerprint density at radius 2 is 1.76 bits per heavy atom. The van der Waals surface area contributed by atoms with E-state index in [9.17, 15) is 9.59 Å². The molecule has 8 heteroatoms. The molecule has 1 N–H and O–H groups in total. The van der Waals surface area contributed by atoms with Gasteiger partial charge < -0.3 is 14.6 Å². The summed E-state index contributed by atoms with van der Waals surface area (Å²) in [4.78, 5) is 24.3. The number of esters is 1. The molecular formula is C26H34N4O3S. The van der Waals surface area contributed by atoms with Crippen LogP contribution in [0.25, 0.3) is 0 Å². The Morgan fingerprint density at radius 3 is 2.44 bits per heavy atom. The van der Waals surface area contributed by atoms with E-state index < -0.39 is 5.97 Å². The molecule has 3 rings (SSSR count). The normalized spacial score (nSPS) is 10.3. The molecule has 0 unspecified atom stereocenters. The lowest BCUT2D eigenvalue weighted by Crippen LogP contribution is -2.15. The smallest absolute Gasteiger partial charge is 0.338 e. The third-order valence-electron chi connectivity index (χ3n) is 4.86. The number of amides is 1. The summed E-state index contributed by atoms with van der Waals surface area (Å²) in [5.41, 5.74) is 3.47. The molecule has 0 aliphatic carbocycles. The van der Waals surface area contributed by atoms with Crippen LogP contribution in [0.3, 0.4) is 0 Å². The highest BCUT2D eigenvalue weighted by atomic mass is 32.2. The van der Waals surface area contributed by atoms with Crippen LogP contribution in [-0.4, -0.2) is 39.0 Å². The summed E-state index contributed by atoms with van der Waals surface area (Å²) >= 11 is 1.35. The van der Waals surface area contributed by atoms with Crippen molar-refractivity contribution < 1.29 is 14.3 Å². The van der Waals surface area contributed by atoms with Crippen LogP contribution in [0.15, 0.2) is 53.7 Å². The van der Waals surface area contributed by atoms with Gasteiger partial charge in [-0.1, -0.05) is 61.5 Å². The molecule has 0 bridgehead atoms. The summed E-state index contributed by atoms with van der Waals surface area (Å²) in [6.45, 7) is 10.9. The van der Waals surface area contributed by atoms with Gasteiger partial charge in [0.15, 0.2) is 5.16 Å². The van der Waals surface area contributed by atoms with Crippen molar-refractivity contribution in [2.75, 3.05) is 17.7 Å². The Balaban J connectivity index is 0.00000199. The summed E-state index contributed by atoms with van der Waals surface area (Å²) < 4.78 is 7.05. The van der Waals surface area contributed by atoms with Crippen LogP contribution in [-0.2, 0) is 28.9 Å². The number of rotatable bonds is 10. The van der Waals surface area contributed by atoms with E-state index in [1.165, 1.54) is 22.9 Å². The number of aromatic nitrogens is 3. The van der Waals surface area contributed by atoms with Gasteiger partial charge >= 0.3 is 5.97 Å². The lowest BCUT2D eigenvalue weighted by atomic mass is 10.1. The maximum atomic E-state index is 12.4. The molecule has 1 heterocycles. The van der Waals surface area contributed by atoms with Crippen LogP contribution in [0.5, 0.6) is 0 Å². The van der Waals surface area contributed by atoms with E-state index in [-0.39, 0.29) is 11.7 Å². The zero-order chi connectivity index (χ0) is 24.9. The number of aryl methyl sites for hydroxylation is 3. The number of hydrogen-bond acceptors (Lipinski definition) is 6. The topological polar surface area (TPSA) is 86.1 Å². The molecule has 0 spiro atoms. The number of anilines is 1. The van der Waals surface area contributed by atoms with E-state index in [4.69, 9.17) is 4.74 Å². The van der Waals surface area contributed by atoms with Gasteiger partial charge in [0.25, 0.3) is 0 Å². The average Bonchev–Trinajstić information content (AvgIpc) is 3.25. The summed E-state index contributed by atoms with van der Waals surface area (Å²) in [7, 11) is 0. The first-order valence-corrected chi connectivity index (χ1v) is 12.7. The fourth-order valence-electron chi connectivity index (χ4n) is 3.20. The first-order valence-electron chi connectivity index (χ1n) is 11.7. The molecule has 182 valence electrons. The van der Waals surface area contributed by atoms with Crippen LogP contribution in [0.2, 0.25) is 0 Å². The summed E-state index contributed by atoms with van der Waals surface area (Å²) in [6.07, 6.45) is 1.68. The van der Waals surface area contributed by atoms with Crippen LogP contribution in [0.1, 0.15) is 55.0 Å². The quantitative estimate of drug-likeness (QED) is 0.311. The third-order valence-corrected chi connectivity index (χ3v) is 5.82. The van der Waals surface area contributed by atoms with Crippen molar-refractivity contribution in [3.8, 4) is 0 Å². The highest BCUT2D eigenvalue weighted by molar-refractivity contribution is 7.99. The van der Waals surface area contributed by atoms with Crippen molar-refractivity contribution >= 4 is 29.3 Å². The summed E-state index contributed by atoms with van der Waals surface area (Å²) in [5, 5.41) is 12.2. The highest BCUT2D eigenvalue weighted by Gasteiger charge is 2.14. The Hall–Kier alpha value is -3.13. The molecular weight excluding hydrogens is 448 g/mol. The predicted octanol–water partition coefficient (Wildman–Crippen LogP) is 5.33. The van der Waals surface area contributed by atoms with E-state index >= 15 is 0 Å². The molecule has 1 amide bonds. The molecule has 0 aliphatic rings. The number of nitrogens with one attached hydrogen (secondary N) is 1. The van der Waals surface area contributed by atoms with Crippen molar-refractivity contribution in [2.45, 2.75) is 59.2 Å². The Labute approximate surface area is 206 Å². The Bertz CT molecular complexity index is 1060. The van der Waals surface area contributed by atoms with E-state index in [0.29, 0.717) is 17.9 Å². The first kappa shape index (κ1) is 27.1. The Morgan fingerprint density at radius 1 is 1.03 bits per heavy atom. The molecule has 34 heavy (non-hydrogen) atoms. The van der Waals surface area contributed by atoms with Gasteiger partial charge in [-0.25, -0.2) is 4.79 Å². The molecule has 0 fully saturated rings. The lowest BCUT2D eigenvalue weighted by molar-refractivity contribution is -0.113. The van der Waals surface area contributed by atoms with Gasteiger partial charge in [-0.05, 0) is 51.0 Å². The number of carbonyl (C=O) groups is 2. The Kier molecular flexibility index (Phi) is 11.3. The molecule has 0 radical (unpaired) electrons. The minimum atomic E-state index is -0.410. The standard InChI is InChI=1S/C24H28N4O3S.C2H6/c1-4-28-21(14-13-18-11-9-17(3)10-12-18)26-27-24(28)32-16-22(29)25-20-8-6-7-19(15-20)23(30)31-5-2;1-2/h6-12,15H,4-5,13-14,16H2,1-3H3,(H,25,29);1-2H3. The second-order valence-corrected chi connectivity index (χ2v) is 8.21. The minimum absolute atomic E-state index is 0.178. The van der Waals surface area contributed by atoms with Gasteiger partial charge in [0.2, 0.25) is 5.91 Å². The summed E-state index contributed by atoms with van der Waals surface area (Å²) in [6, 6.07) is 15.2. The molecule has 0 saturated heterocycles. The zero-order valence-electron chi connectivity index (χ0n) is 20.6. The van der Waals surface area contributed by atoms with E-state index in [0.717, 1.165) is 30.4 Å². The predicted molar refractivity (Wildman–Crippen MR) is 137 cm³/mol. The highest BCUT2D eigenvalue weighted by Crippen LogP contribution is 2.19. The fourth-order valence-corrected chi connectivity index (χ4v) is 4.03. The van der Waals surface area contributed by atoms with Crippen molar-refractivity contribution in [3.05, 3.63) is 71.0 Å². The second kappa shape index (κ2) is 14.2. The van der Waals surface area contributed by atoms with E-state index in [1.807, 2.05) is 25.3 Å². The SMILES string of the molecule is CC.CCOC(=O)c1cccc(NC(=O)CSc2nnc(CCc3ccc(C)cc3)n2CC)c1. The molecule has 0 saturated carbocycles. The van der Waals surface area contributed by atoms with E-state index in [1.54, 1.807) is 31.2 Å². The van der Waals surface area contributed by atoms with Crippen LogP contribution in [0, 0.1) is 6.92 Å². The number of benzene rings is 2. The van der Waals surface area contributed by atoms with Crippen molar-refractivity contribution in [2.24, 2.45) is 0 Å². The van der Waals surface area contributed by atoms with Gasteiger partial charge in [-0.2, -0.15) is 0 Å². The van der Waals surface area contributed by atoms with Gasteiger partial charge in [-0.3, -0.25) is 4.79 Å². The first-order chi connectivity index (χ1) is 16.5. The monoisotopic (exact) mass is 482 g/mol. The molecule has 2 aromatic carbocycles. The third kappa shape index (κ3) is 8.02.